The van der Waals surface area contributed by atoms with E-state index in [2.05, 4.69) is 101 Å². The van der Waals surface area contributed by atoms with Crippen molar-refractivity contribution in [3.8, 4) is 11.1 Å². The number of rotatable bonds is 6. The van der Waals surface area contributed by atoms with E-state index >= 15 is 0 Å². The molecule has 0 amide bonds. The van der Waals surface area contributed by atoms with Gasteiger partial charge in [-0.05, 0) is 0 Å². The van der Waals surface area contributed by atoms with Crippen LogP contribution in [0, 0.1) is 5.92 Å². The van der Waals surface area contributed by atoms with E-state index in [1.165, 1.54) is 41.5 Å². The Labute approximate surface area is 195 Å². The monoisotopic (exact) mass is 438 g/mol. The fourth-order valence-corrected chi connectivity index (χ4v) is 6.15. The molecule has 0 radical (unpaired) electrons. The first-order chi connectivity index (χ1) is 15.3. The minimum atomic E-state index is 0.509. The SMILES string of the molecule is C=CC=C([C-]=[V+2])Cc1cccc(-c2ccccc2C2c3ccccc3C3CCCC32)c1. The Kier molecular flexibility index (Phi) is 5.94. The third-order valence-electron chi connectivity index (χ3n) is 7.12. The summed E-state index contributed by atoms with van der Waals surface area (Å²) in [4.78, 5) is 0. The summed E-state index contributed by atoms with van der Waals surface area (Å²) in [7, 11) is 0. The first-order valence-corrected chi connectivity index (χ1v) is 12.0. The molecule has 3 atom stereocenters. The molecule has 0 saturated heterocycles. The molecule has 3 unspecified atom stereocenters. The zero-order valence-electron chi connectivity index (χ0n) is 17.8. The molecule has 0 bridgehead atoms. The van der Waals surface area contributed by atoms with Gasteiger partial charge in [-0.15, -0.1) is 0 Å². The molecular weight excluding hydrogens is 411 g/mol. The van der Waals surface area contributed by atoms with Gasteiger partial charge in [0.05, 0.1) is 0 Å². The van der Waals surface area contributed by atoms with E-state index in [0.717, 1.165) is 23.8 Å². The summed E-state index contributed by atoms with van der Waals surface area (Å²) in [6, 6.07) is 27.3. The average molecular weight is 438 g/mol. The quantitative estimate of drug-likeness (QED) is 0.281. The Bertz CT molecular complexity index is 1150. The number of fused-ring (bicyclic) bond motifs is 3. The van der Waals surface area contributed by atoms with Gasteiger partial charge in [-0.25, -0.2) is 0 Å². The van der Waals surface area contributed by atoms with E-state index < -0.39 is 0 Å². The van der Waals surface area contributed by atoms with E-state index in [4.69, 9.17) is 0 Å². The van der Waals surface area contributed by atoms with Crippen molar-refractivity contribution in [3.05, 3.63) is 119 Å². The predicted molar refractivity (Wildman–Crippen MR) is 127 cm³/mol. The molecule has 0 N–H and O–H groups in total. The van der Waals surface area contributed by atoms with Crippen molar-refractivity contribution in [2.45, 2.75) is 37.5 Å². The Morgan fingerprint density at radius 2 is 1.71 bits per heavy atom. The topological polar surface area (TPSA) is 0 Å². The van der Waals surface area contributed by atoms with Crippen molar-refractivity contribution in [2.24, 2.45) is 5.92 Å². The van der Waals surface area contributed by atoms with Crippen LogP contribution >= 0.6 is 0 Å². The van der Waals surface area contributed by atoms with Gasteiger partial charge in [-0.1, -0.05) is 6.07 Å². The molecule has 0 spiro atoms. The van der Waals surface area contributed by atoms with Gasteiger partial charge < -0.3 is 0 Å². The van der Waals surface area contributed by atoms with Crippen molar-refractivity contribution in [1.29, 1.82) is 0 Å². The number of allylic oxidation sites excluding steroid dienone is 3. The third-order valence-corrected chi connectivity index (χ3v) is 7.57. The second kappa shape index (κ2) is 8.99. The van der Waals surface area contributed by atoms with Crippen LogP contribution in [0.2, 0.25) is 0 Å². The number of hydrogen-bond acceptors (Lipinski definition) is 0. The van der Waals surface area contributed by atoms with Gasteiger partial charge in [-0.3, -0.25) is 0 Å². The van der Waals surface area contributed by atoms with E-state index in [9.17, 15) is 0 Å². The molecule has 1 fully saturated rings. The van der Waals surface area contributed by atoms with Crippen LogP contribution in [0.25, 0.3) is 11.1 Å². The Balaban J connectivity index is 1.57. The second-order valence-corrected chi connectivity index (χ2v) is 9.16. The van der Waals surface area contributed by atoms with Crippen molar-refractivity contribution in [2.75, 3.05) is 0 Å². The molecule has 5 rings (SSSR count). The summed E-state index contributed by atoms with van der Waals surface area (Å²) >= 11 is 2.44. The fourth-order valence-electron chi connectivity index (χ4n) is 5.91. The Hall–Kier alpha value is -2.41. The number of benzene rings is 3. The van der Waals surface area contributed by atoms with Gasteiger partial charge in [0.1, 0.15) is 0 Å². The van der Waals surface area contributed by atoms with E-state index in [-0.39, 0.29) is 0 Å². The summed E-state index contributed by atoms with van der Waals surface area (Å²) in [5.41, 5.74) is 9.81. The molecule has 0 aromatic heterocycles. The molecule has 1 heteroatoms. The minimum absolute atomic E-state index is 0.509. The Morgan fingerprint density at radius 3 is 2.52 bits per heavy atom. The Morgan fingerprint density at radius 1 is 0.935 bits per heavy atom. The van der Waals surface area contributed by atoms with Crippen molar-refractivity contribution >= 4 is 4.73 Å². The van der Waals surface area contributed by atoms with Crippen LogP contribution in [-0.4, -0.2) is 4.73 Å². The zero-order chi connectivity index (χ0) is 21.2. The first kappa shape index (κ1) is 20.5. The van der Waals surface area contributed by atoms with Crippen LogP contribution < -0.4 is 0 Å². The molecule has 0 nitrogen and oxygen atoms in total. The fraction of sp³-hybridized carbons (Fsp3) is 0.233. The van der Waals surface area contributed by atoms with Gasteiger partial charge in [0.2, 0.25) is 0 Å². The van der Waals surface area contributed by atoms with Crippen LogP contribution in [0.4, 0.5) is 0 Å². The molecule has 0 heterocycles. The van der Waals surface area contributed by atoms with Gasteiger partial charge in [0.25, 0.3) is 0 Å². The second-order valence-electron chi connectivity index (χ2n) is 8.81. The van der Waals surface area contributed by atoms with Gasteiger partial charge >= 0.3 is 190 Å². The van der Waals surface area contributed by atoms with Crippen molar-refractivity contribution < 1.29 is 17.0 Å². The first-order valence-electron chi connectivity index (χ1n) is 11.3. The van der Waals surface area contributed by atoms with Crippen LogP contribution in [0.1, 0.15) is 53.4 Å². The molecule has 3 aromatic carbocycles. The van der Waals surface area contributed by atoms with Crippen molar-refractivity contribution in [3.63, 3.8) is 0 Å². The normalized spacial score (nSPS) is 22.1. The van der Waals surface area contributed by atoms with Crippen LogP contribution in [-0.2, 0) is 23.4 Å². The molecule has 1 saturated carbocycles. The van der Waals surface area contributed by atoms with Crippen LogP contribution in [0.15, 0.2) is 97.1 Å². The molecule has 2 aliphatic carbocycles. The van der Waals surface area contributed by atoms with Crippen LogP contribution in [0.3, 0.4) is 0 Å². The van der Waals surface area contributed by atoms with Gasteiger partial charge in [0.15, 0.2) is 0 Å². The van der Waals surface area contributed by atoms with E-state index in [1.807, 2.05) is 12.2 Å². The summed E-state index contributed by atoms with van der Waals surface area (Å²) in [6.45, 7) is 3.83. The van der Waals surface area contributed by atoms with E-state index in [0.29, 0.717) is 5.92 Å². The summed E-state index contributed by atoms with van der Waals surface area (Å²) < 4.78 is 3.23. The van der Waals surface area contributed by atoms with Crippen molar-refractivity contribution in [1.82, 2.24) is 0 Å². The maximum absolute atomic E-state index is 3.83. The summed E-state index contributed by atoms with van der Waals surface area (Å²) in [6.07, 6.45) is 8.79. The molecule has 151 valence electrons. The zero-order valence-corrected chi connectivity index (χ0v) is 19.2. The van der Waals surface area contributed by atoms with E-state index in [1.54, 1.807) is 11.1 Å². The summed E-state index contributed by atoms with van der Waals surface area (Å²) in [5, 5.41) is 0. The predicted octanol–water partition coefficient (Wildman–Crippen LogP) is 7.26. The molecule has 3 aromatic rings. The van der Waals surface area contributed by atoms with Gasteiger partial charge in [0, 0.05) is 0 Å². The third kappa shape index (κ3) is 3.84. The molecular formula is C30H27V+. The maximum atomic E-state index is 3.83. The summed E-state index contributed by atoms with van der Waals surface area (Å²) in [5.74, 6) is 1.99. The molecule has 0 aliphatic heterocycles. The number of hydrogen-bond donors (Lipinski definition) is 0. The average Bonchev–Trinajstić information content (AvgIpc) is 3.40. The molecule has 31 heavy (non-hydrogen) atoms. The van der Waals surface area contributed by atoms with Gasteiger partial charge in [-0.2, -0.15) is 0 Å². The standard InChI is InChI=1S/C30H27.V/c1-3-10-21(2)19-22-11-8-12-23(20-22)24-13-4-6-15-27(24)30-28-16-7-5-14-25(28)26-17-9-18-29(26)30;/h3-8,10-16,20,26,29-30H,1,9,17-19H2;/q-1;+2. The molecule has 2 aliphatic rings. The van der Waals surface area contributed by atoms with Crippen LogP contribution in [0.5, 0.6) is 0 Å².